The van der Waals surface area contributed by atoms with Gasteiger partial charge in [-0.3, -0.25) is 4.79 Å². The summed E-state index contributed by atoms with van der Waals surface area (Å²) in [5.41, 5.74) is 0. The number of unbranched alkanes of at least 4 members (excludes halogenated alkanes) is 22. The van der Waals surface area contributed by atoms with Crippen molar-refractivity contribution >= 4 is 5.91 Å². The molecule has 0 aliphatic heterocycles. The maximum atomic E-state index is 12.3. The second kappa shape index (κ2) is 34.4. The van der Waals surface area contributed by atoms with Crippen molar-refractivity contribution in [2.75, 3.05) is 6.61 Å². The van der Waals surface area contributed by atoms with Gasteiger partial charge in [0.2, 0.25) is 5.91 Å². The van der Waals surface area contributed by atoms with Crippen LogP contribution in [0.4, 0.5) is 0 Å². The van der Waals surface area contributed by atoms with Gasteiger partial charge in [-0.05, 0) is 32.1 Å². The monoisotopic (exact) mass is 620 g/mol. The summed E-state index contributed by atoms with van der Waals surface area (Å²) < 4.78 is 0. The molecule has 0 aliphatic rings. The van der Waals surface area contributed by atoms with E-state index in [1.54, 1.807) is 12.2 Å². The van der Waals surface area contributed by atoms with Gasteiger partial charge in [-0.15, -0.1) is 0 Å². The van der Waals surface area contributed by atoms with Crippen molar-refractivity contribution in [3.63, 3.8) is 0 Å². The Morgan fingerprint density at radius 2 is 1.00 bits per heavy atom. The normalized spacial score (nSPS) is 14.2. The van der Waals surface area contributed by atoms with Gasteiger partial charge in [0.15, 0.2) is 0 Å². The van der Waals surface area contributed by atoms with Gasteiger partial charge in [-0.2, -0.15) is 0 Å². The lowest BCUT2D eigenvalue weighted by Crippen LogP contribution is -2.45. The molecule has 0 saturated heterocycles. The van der Waals surface area contributed by atoms with Crippen LogP contribution in [0, 0.1) is 0 Å². The molecule has 0 rings (SSSR count). The molecule has 258 valence electrons. The van der Waals surface area contributed by atoms with Crippen molar-refractivity contribution in [2.45, 2.75) is 199 Å². The molecule has 0 radical (unpaired) electrons. The molecule has 4 N–H and O–H groups in total. The van der Waals surface area contributed by atoms with Crippen molar-refractivity contribution in [2.24, 2.45) is 0 Å². The molecule has 0 heterocycles. The van der Waals surface area contributed by atoms with Crippen LogP contribution in [0.1, 0.15) is 181 Å². The van der Waals surface area contributed by atoms with Gasteiger partial charge in [0.05, 0.1) is 31.3 Å². The molecule has 0 aliphatic carbocycles. The van der Waals surface area contributed by atoms with Crippen LogP contribution in [0.3, 0.4) is 0 Å². The highest BCUT2D eigenvalue weighted by molar-refractivity contribution is 5.77. The zero-order valence-electron chi connectivity index (χ0n) is 29.0. The van der Waals surface area contributed by atoms with Gasteiger partial charge in [0.25, 0.3) is 0 Å². The Labute approximate surface area is 273 Å². The van der Waals surface area contributed by atoms with Crippen molar-refractivity contribution in [3.05, 3.63) is 36.5 Å². The molecule has 1 amide bonds. The van der Waals surface area contributed by atoms with Crippen molar-refractivity contribution in [1.29, 1.82) is 0 Å². The number of carbonyl (C=O) groups excluding carboxylic acids is 1. The average molecular weight is 620 g/mol. The molecule has 44 heavy (non-hydrogen) atoms. The predicted molar refractivity (Wildman–Crippen MR) is 190 cm³/mol. The number of aliphatic hydroxyl groups is 3. The first-order valence-corrected chi connectivity index (χ1v) is 18.8. The molecule has 0 saturated carbocycles. The quantitative estimate of drug-likeness (QED) is 0.0435. The molecule has 0 aromatic carbocycles. The third-order valence-corrected chi connectivity index (χ3v) is 8.43. The first-order chi connectivity index (χ1) is 21.5. The van der Waals surface area contributed by atoms with Gasteiger partial charge in [-0.1, -0.05) is 179 Å². The van der Waals surface area contributed by atoms with Gasteiger partial charge in [-0.25, -0.2) is 0 Å². The number of amides is 1. The minimum Gasteiger partial charge on any atom is -0.394 e. The lowest BCUT2D eigenvalue weighted by Gasteiger charge is -2.20. The molecule has 3 atom stereocenters. The van der Waals surface area contributed by atoms with Crippen LogP contribution in [0.15, 0.2) is 36.5 Å². The molecular weight excluding hydrogens is 546 g/mol. The number of allylic oxidation sites excluding steroid dienone is 4. The number of aliphatic hydroxyl groups excluding tert-OH is 3. The minimum atomic E-state index is -0.950. The Kier molecular flexibility index (Phi) is 33.3. The van der Waals surface area contributed by atoms with Gasteiger partial charge < -0.3 is 20.6 Å². The summed E-state index contributed by atoms with van der Waals surface area (Å²) in [6, 6.07) is -0.773. The zero-order chi connectivity index (χ0) is 32.4. The van der Waals surface area contributed by atoms with E-state index in [2.05, 4.69) is 31.3 Å². The van der Waals surface area contributed by atoms with E-state index in [0.29, 0.717) is 0 Å². The number of hydrogen-bond acceptors (Lipinski definition) is 4. The Morgan fingerprint density at radius 3 is 1.45 bits per heavy atom. The smallest absolute Gasteiger partial charge is 0.223 e. The van der Waals surface area contributed by atoms with E-state index in [1.165, 1.54) is 135 Å². The molecule has 0 bridgehead atoms. The van der Waals surface area contributed by atoms with Gasteiger partial charge >= 0.3 is 0 Å². The number of carbonyl (C=O) groups is 1. The highest BCUT2D eigenvalue weighted by Gasteiger charge is 2.19. The minimum absolute atomic E-state index is 0.0932. The largest absolute Gasteiger partial charge is 0.394 e. The van der Waals surface area contributed by atoms with Crippen molar-refractivity contribution in [3.8, 4) is 0 Å². The van der Waals surface area contributed by atoms with Crippen molar-refractivity contribution in [1.82, 2.24) is 5.32 Å². The topological polar surface area (TPSA) is 89.8 Å². The highest BCUT2D eigenvalue weighted by atomic mass is 16.3. The van der Waals surface area contributed by atoms with Gasteiger partial charge in [0, 0.05) is 0 Å². The third kappa shape index (κ3) is 30.6. The van der Waals surface area contributed by atoms with E-state index >= 15 is 0 Å². The SMILES string of the molecule is CCCCCCCC/C=C\C/C=C\C(O)CC(=O)NC(CO)C(O)/C=C/CCCCCCCCCCCCCCCCCC. The van der Waals surface area contributed by atoms with E-state index < -0.39 is 18.2 Å². The van der Waals surface area contributed by atoms with Gasteiger partial charge in [0.1, 0.15) is 0 Å². The maximum absolute atomic E-state index is 12.3. The summed E-state index contributed by atoms with van der Waals surface area (Å²) in [4.78, 5) is 12.3. The summed E-state index contributed by atoms with van der Waals surface area (Å²) in [6.45, 7) is 4.15. The van der Waals surface area contributed by atoms with Crippen LogP contribution in [-0.2, 0) is 4.79 Å². The lowest BCUT2D eigenvalue weighted by molar-refractivity contribution is -0.124. The lowest BCUT2D eigenvalue weighted by atomic mass is 10.0. The van der Waals surface area contributed by atoms with E-state index in [0.717, 1.165) is 25.7 Å². The fourth-order valence-electron chi connectivity index (χ4n) is 5.51. The molecule has 5 heteroatoms. The Bertz CT molecular complexity index is 690. The first-order valence-electron chi connectivity index (χ1n) is 18.8. The predicted octanol–water partition coefficient (Wildman–Crippen LogP) is 10.0. The summed E-state index contributed by atoms with van der Waals surface area (Å²) in [5, 5.41) is 32.9. The average Bonchev–Trinajstić information content (AvgIpc) is 3.01. The fourth-order valence-corrected chi connectivity index (χ4v) is 5.51. The molecule has 5 nitrogen and oxygen atoms in total. The molecule has 0 spiro atoms. The molecular formula is C39H73NO4. The maximum Gasteiger partial charge on any atom is 0.223 e. The van der Waals surface area contributed by atoms with E-state index in [4.69, 9.17) is 0 Å². The van der Waals surface area contributed by atoms with Crippen LogP contribution in [0.5, 0.6) is 0 Å². The molecule has 0 aromatic heterocycles. The standard InChI is InChI=1S/C39H73NO4/c1-3-5-7-9-11-13-15-16-17-18-19-20-21-23-25-27-29-31-33-38(43)37(35-41)40-39(44)34-36(42)32-30-28-26-24-22-14-12-10-8-6-4-2/h24,26,30-33,36-38,41-43H,3-23,25,27-29,34-35H2,1-2H3,(H,40,44)/b26-24-,32-30-,33-31+. The number of rotatable bonds is 33. The van der Waals surface area contributed by atoms with Crippen LogP contribution in [0.2, 0.25) is 0 Å². The second-order valence-corrected chi connectivity index (χ2v) is 12.8. The Hall–Kier alpha value is -1.43. The first kappa shape index (κ1) is 42.6. The van der Waals surface area contributed by atoms with Crippen LogP contribution >= 0.6 is 0 Å². The van der Waals surface area contributed by atoms with E-state index in [9.17, 15) is 20.1 Å². The molecule has 0 aromatic rings. The number of nitrogens with one attached hydrogen (secondary N) is 1. The Morgan fingerprint density at radius 1 is 0.568 bits per heavy atom. The summed E-state index contributed by atoms with van der Waals surface area (Å²) in [7, 11) is 0. The highest BCUT2D eigenvalue weighted by Crippen LogP contribution is 2.14. The van der Waals surface area contributed by atoms with Crippen molar-refractivity contribution < 1.29 is 20.1 Å². The van der Waals surface area contributed by atoms with Crippen LogP contribution in [0.25, 0.3) is 0 Å². The van der Waals surface area contributed by atoms with Crippen LogP contribution in [-0.4, -0.2) is 46.1 Å². The number of hydrogen-bond donors (Lipinski definition) is 4. The summed E-state index contributed by atoms with van der Waals surface area (Å²) in [6.07, 6.45) is 41.5. The Balaban J connectivity index is 3.80. The van der Waals surface area contributed by atoms with Crippen LogP contribution < -0.4 is 5.32 Å². The molecule has 0 fully saturated rings. The van der Waals surface area contributed by atoms with E-state index in [1.807, 2.05) is 12.2 Å². The fraction of sp³-hybridized carbons (Fsp3) is 0.821. The zero-order valence-corrected chi connectivity index (χ0v) is 29.0. The second-order valence-electron chi connectivity index (χ2n) is 12.8. The summed E-state index contributed by atoms with van der Waals surface area (Å²) >= 11 is 0. The third-order valence-electron chi connectivity index (χ3n) is 8.43. The molecule has 3 unspecified atom stereocenters. The van der Waals surface area contributed by atoms with E-state index in [-0.39, 0.29) is 18.9 Å². The summed E-state index contributed by atoms with van der Waals surface area (Å²) in [5.74, 6) is -0.384.